The summed E-state index contributed by atoms with van der Waals surface area (Å²) < 4.78 is 1.99. The van der Waals surface area contributed by atoms with Gasteiger partial charge in [-0.3, -0.25) is 14.6 Å². The van der Waals surface area contributed by atoms with Crippen molar-refractivity contribution in [2.75, 3.05) is 5.32 Å². The molecule has 136 valence electrons. The van der Waals surface area contributed by atoms with Gasteiger partial charge in [-0.2, -0.15) is 10.2 Å². The van der Waals surface area contributed by atoms with Crippen molar-refractivity contribution in [3.05, 3.63) is 40.5 Å². The molecule has 0 saturated heterocycles. The molecule has 3 aromatic heterocycles. The van der Waals surface area contributed by atoms with E-state index in [0.29, 0.717) is 17.4 Å². The van der Waals surface area contributed by atoms with Gasteiger partial charge in [-0.15, -0.1) is 11.3 Å². The lowest BCUT2D eigenvalue weighted by atomic mass is 10.1. The fourth-order valence-corrected chi connectivity index (χ4v) is 3.82. The molecular formula is C19H23N5OS. The van der Waals surface area contributed by atoms with Gasteiger partial charge in [0.05, 0.1) is 16.1 Å². The number of hydrogen-bond acceptors (Lipinski definition) is 4. The molecular weight excluding hydrogens is 346 g/mol. The summed E-state index contributed by atoms with van der Waals surface area (Å²) in [5.41, 5.74) is 2.35. The predicted molar refractivity (Wildman–Crippen MR) is 104 cm³/mol. The summed E-state index contributed by atoms with van der Waals surface area (Å²) in [4.78, 5) is 15.0. The number of aromatic nitrogens is 4. The molecule has 0 aromatic carbocycles. The first-order valence-electron chi connectivity index (χ1n) is 8.85. The van der Waals surface area contributed by atoms with Crippen LogP contribution < -0.4 is 5.32 Å². The van der Waals surface area contributed by atoms with Gasteiger partial charge in [-0.05, 0) is 58.7 Å². The van der Waals surface area contributed by atoms with Crippen LogP contribution in [0.3, 0.4) is 0 Å². The zero-order valence-corrected chi connectivity index (χ0v) is 16.3. The maximum atomic E-state index is 12.7. The van der Waals surface area contributed by atoms with Crippen molar-refractivity contribution in [3.63, 3.8) is 0 Å². The number of hydrogen-bond donors (Lipinski definition) is 2. The summed E-state index contributed by atoms with van der Waals surface area (Å²) in [6, 6.07) is 7.89. The van der Waals surface area contributed by atoms with Crippen molar-refractivity contribution in [2.24, 2.45) is 0 Å². The highest BCUT2D eigenvalue weighted by Gasteiger charge is 2.32. The highest BCUT2D eigenvalue weighted by Crippen LogP contribution is 2.41. The second-order valence-corrected chi connectivity index (χ2v) is 9.13. The van der Waals surface area contributed by atoms with Gasteiger partial charge < -0.3 is 5.32 Å². The molecule has 1 aliphatic rings. The summed E-state index contributed by atoms with van der Waals surface area (Å²) in [5.74, 6) is 0.812. The van der Waals surface area contributed by atoms with Crippen LogP contribution >= 0.6 is 11.3 Å². The van der Waals surface area contributed by atoms with Crippen molar-refractivity contribution in [2.45, 2.75) is 52.0 Å². The second-order valence-electron chi connectivity index (χ2n) is 7.84. The smallest absolute Gasteiger partial charge is 0.277 e. The Labute approximate surface area is 156 Å². The molecule has 0 atom stereocenters. The molecule has 0 unspecified atom stereocenters. The number of aryl methyl sites for hydroxylation is 1. The molecule has 1 fully saturated rings. The summed E-state index contributed by atoms with van der Waals surface area (Å²) in [6.45, 7) is 8.39. The molecule has 2 N–H and O–H groups in total. The van der Waals surface area contributed by atoms with E-state index in [2.05, 4.69) is 54.4 Å². The Kier molecular flexibility index (Phi) is 3.99. The molecule has 3 heterocycles. The van der Waals surface area contributed by atoms with E-state index in [4.69, 9.17) is 0 Å². The van der Waals surface area contributed by atoms with Crippen LogP contribution in [0, 0.1) is 6.92 Å². The topological polar surface area (TPSA) is 75.6 Å². The van der Waals surface area contributed by atoms with Gasteiger partial charge in [0.1, 0.15) is 0 Å². The first-order chi connectivity index (χ1) is 12.3. The Bertz CT molecular complexity index is 955. The Hall–Kier alpha value is -2.41. The fourth-order valence-electron chi connectivity index (χ4n) is 2.99. The second kappa shape index (κ2) is 6.09. The molecule has 0 aliphatic heterocycles. The van der Waals surface area contributed by atoms with Gasteiger partial charge in [0, 0.05) is 22.6 Å². The largest absolute Gasteiger partial charge is 0.304 e. The number of aromatic amines is 1. The van der Waals surface area contributed by atoms with Crippen LogP contribution in [0.2, 0.25) is 0 Å². The number of nitrogens with one attached hydrogen (secondary N) is 2. The number of carbonyl (C=O) groups is 1. The van der Waals surface area contributed by atoms with Gasteiger partial charge in [0.15, 0.2) is 11.5 Å². The van der Waals surface area contributed by atoms with E-state index in [1.165, 1.54) is 17.7 Å². The molecule has 7 heteroatoms. The van der Waals surface area contributed by atoms with E-state index in [-0.39, 0.29) is 11.4 Å². The van der Waals surface area contributed by atoms with E-state index in [1.54, 1.807) is 11.3 Å². The Morgan fingerprint density at radius 2 is 2.08 bits per heavy atom. The first kappa shape index (κ1) is 17.0. The molecule has 3 aromatic rings. The Morgan fingerprint density at radius 1 is 1.31 bits per heavy atom. The monoisotopic (exact) mass is 369 g/mol. The maximum absolute atomic E-state index is 12.7. The number of carbonyl (C=O) groups excluding carboxylic acids is 1. The highest BCUT2D eigenvalue weighted by molar-refractivity contribution is 7.15. The van der Waals surface area contributed by atoms with Crippen molar-refractivity contribution < 1.29 is 4.79 Å². The summed E-state index contributed by atoms with van der Waals surface area (Å²) >= 11 is 1.69. The van der Waals surface area contributed by atoms with Crippen molar-refractivity contribution >= 4 is 23.1 Å². The van der Waals surface area contributed by atoms with E-state index >= 15 is 0 Å². The van der Waals surface area contributed by atoms with Gasteiger partial charge in [0.2, 0.25) is 0 Å². The molecule has 0 spiro atoms. The molecule has 4 rings (SSSR count). The average Bonchev–Trinajstić information content (AvgIpc) is 2.99. The van der Waals surface area contributed by atoms with Crippen LogP contribution in [0.4, 0.5) is 5.82 Å². The lowest BCUT2D eigenvalue weighted by Crippen LogP contribution is -2.25. The average molecular weight is 369 g/mol. The van der Waals surface area contributed by atoms with E-state index in [9.17, 15) is 4.79 Å². The third-order valence-electron chi connectivity index (χ3n) is 4.43. The summed E-state index contributed by atoms with van der Waals surface area (Å²) in [7, 11) is 0. The fraction of sp³-hybridized carbons (Fsp3) is 0.421. The number of nitrogens with zero attached hydrogens (tertiary/aromatic N) is 3. The quantitative estimate of drug-likeness (QED) is 0.709. The Morgan fingerprint density at radius 3 is 2.69 bits per heavy atom. The van der Waals surface area contributed by atoms with Crippen molar-refractivity contribution in [1.29, 1.82) is 0 Å². The van der Waals surface area contributed by atoms with Crippen LogP contribution in [-0.4, -0.2) is 25.9 Å². The minimum absolute atomic E-state index is 0.146. The maximum Gasteiger partial charge on any atom is 0.277 e. The van der Waals surface area contributed by atoms with Gasteiger partial charge in [0.25, 0.3) is 5.91 Å². The zero-order chi connectivity index (χ0) is 18.5. The third-order valence-corrected chi connectivity index (χ3v) is 5.46. The number of thiophene rings is 1. The van der Waals surface area contributed by atoms with E-state index in [1.807, 2.05) is 22.9 Å². The van der Waals surface area contributed by atoms with Crippen LogP contribution in [-0.2, 0) is 5.54 Å². The zero-order valence-electron chi connectivity index (χ0n) is 15.5. The van der Waals surface area contributed by atoms with Gasteiger partial charge in [-0.25, -0.2) is 0 Å². The van der Waals surface area contributed by atoms with E-state index < -0.39 is 0 Å². The molecule has 6 nitrogen and oxygen atoms in total. The van der Waals surface area contributed by atoms with E-state index in [0.717, 1.165) is 16.3 Å². The SMILES string of the molecule is Cc1ccc(-c2cc(NC(=O)c3cc(C4CC4)n(C(C)(C)C)n3)n[nH]2)s1. The minimum Gasteiger partial charge on any atom is -0.304 e. The number of H-pyrrole nitrogens is 1. The summed E-state index contributed by atoms with van der Waals surface area (Å²) in [6.07, 6.45) is 2.34. The lowest BCUT2D eigenvalue weighted by Gasteiger charge is -2.22. The van der Waals surface area contributed by atoms with Crippen molar-refractivity contribution in [1.82, 2.24) is 20.0 Å². The molecule has 1 aliphatic carbocycles. The highest BCUT2D eigenvalue weighted by atomic mass is 32.1. The number of amides is 1. The Balaban J connectivity index is 1.54. The standard InChI is InChI=1S/C19H23N5OS/c1-11-5-8-16(26-11)13-10-17(22-21-13)20-18(25)14-9-15(12-6-7-12)24(23-14)19(2,3)4/h5,8-10,12H,6-7H2,1-4H3,(H2,20,21,22,25). The van der Waals surface area contributed by atoms with Crippen LogP contribution in [0.5, 0.6) is 0 Å². The molecule has 0 radical (unpaired) electrons. The molecule has 0 bridgehead atoms. The van der Waals surface area contributed by atoms with Crippen LogP contribution in [0.25, 0.3) is 10.6 Å². The number of anilines is 1. The van der Waals surface area contributed by atoms with Crippen LogP contribution in [0.1, 0.15) is 60.6 Å². The molecule has 26 heavy (non-hydrogen) atoms. The van der Waals surface area contributed by atoms with Crippen LogP contribution in [0.15, 0.2) is 24.3 Å². The van der Waals surface area contributed by atoms with Crippen molar-refractivity contribution in [3.8, 4) is 10.6 Å². The lowest BCUT2D eigenvalue weighted by molar-refractivity contribution is 0.102. The summed E-state index contributed by atoms with van der Waals surface area (Å²) in [5, 5.41) is 14.6. The first-order valence-corrected chi connectivity index (χ1v) is 9.67. The predicted octanol–water partition coefficient (Wildman–Crippen LogP) is 4.53. The minimum atomic E-state index is -0.227. The van der Waals surface area contributed by atoms with Gasteiger partial charge in [-0.1, -0.05) is 0 Å². The van der Waals surface area contributed by atoms with Gasteiger partial charge >= 0.3 is 0 Å². The molecule has 1 amide bonds. The normalized spacial score (nSPS) is 14.6. The third kappa shape index (κ3) is 3.31. The molecule has 1 saturated carbocycles. The number of rotatable bonds is 4.